The van der Waals surface area contributed by atoms with Gasteiger partial charge in [0, 0.05) is 0 Å². The van der Waals surface area contributed by atoms with Crippen molar-refractivity contribution >= 4 is 3.27 Å². The fourth-order valence-electron chi connectivity index (χ4n) is 4.85. The van der Waals surface area contributed by atoms with Crippen LogP contribution in [0.3, 0.4) is 0 Å². The molecule has 1 heterocycles. The fraction of sp³-hybridized carbons (Fsp3) is 0.0435. The van der Waals surface area contributed by atoms with Gasteiger partial charge in [-0.05, 0) is 0 Å². The van der Waals surface area contributed by atoms with Crippen molar-refractivity contribution in [3.8, 4) is 22.5 Å². The van der Waals surface area contributed by atoms with Crippen molar-refractivity contribution in [2.24, 2.45) is 0 Å². The van der Waals surface area contributed by atoms with E-state index in [2.05, 4.69) is 60.7 Å². The third-order valence-electron chi connectivity index (χ3n) is 5.71. The Morgan fingerprint density at radius 2 is 1.15 bits per heavy atom. The van der Waals surface area contributed by atoms with Gasteiger partial charge in [-0.25, -0.2) is 0 Å². The van der Waals surface area contributed by atoms with Gasteiger partial charge in [-0.3, -0.25) is 0 Å². The zero-order valence-electron chi connectivity index (χ0n) is 13.6. The summed E-state index contributed by atoms with van der Waals surface area (Å²) >= 11 is 1.34. The van der Waals surface area contributed by atoms with Gasteiger partial charge in [0.2, 0.25) is 0 Å². The molecule has 2 aliphatic rings. The van der Waals surface area contributed by atoms with E-state index in [0.717, 1.165) is 11.1 Å². The molecule has 1 spiro atoms. The summed E-state index contributed by atoms with van der Waals surface area (Å²) in [6, 6.07) is 24.8. The molecule has 0 fully saturated rings. The van der Waals surface area contributed by atoms with E-state index in [4.69, 9.17) is 4.42 Å². The molecular weight excluding hydrogens is 521 g/mol. The predicted molar refractivity (Wildman–Crippen MR) is 94.6 cm³/mol. The van der Waals surface area contributed by atoms with Crippen LogP contribution in [0.1, 0.15) is 22.3 Å². The van der Waals surface area contributed by atoms with E-state index < -0.39 is 11.4 Å². The van der Waals surface area contributed by atoms with Crippen LogP contribution in [-0.2, 0) is 5.41 Å². The molecule has 0 saturated heterocycles. The average Bonchev–Trinajstić information content (AvgIpc) is 3.26. The van der Waals surface area contributed by atoms with Gasteiger partial charge in [0.25, 0.3) is 0 Å². The van der Waals surface area contributed by atoms with Gasteiger partial charge >= 0.3 is 166 Å². The predicted octanol–water partition coefficient (Wildman–Crippen LogP) is 4.94. The molecule has 3 aromatic carbocycles. The summed E-state index contributed by atoms with van der Waals surface area (Å²) in [5.41, 5.74) is 7.54. The van der Waals surface area contributed by atoms with Crippen LogP contribution in [0.25, 0.3) is 22.5 Å². The van der Waals surface area contributed by atoms with Gasteiger partial charge in [0.1, 0.15) is 0 Å². The second-order valence-electron chi connectivity index (χ2n) is 6.78. The van der Waals surface area contributed by atoms with Crippen molar-refractivity contribution in [3.63, 3.8) is 0 Å². The Bertz CT molecular complexity index is 1180. The zero-order valence-corrected chi connectivity index (χ0v) is 16.5. The summed E-state index contributed by atoms with van der Waals surface area (Å²) in [6.07, 6.45) is 0. The van der Waals surface area contributed by atoms with Gasteiger partial charge in [0.05, 0.1) is 0 Å². The van der Waals surface area contributed by atoms with Crippen LogP contribution in [0.5, 0.6) is 0 Å². The third-order valence-corrected chi connectivity index (χ3v) is 7.03. The first kappa shape index (κ1) is 14.9. The summed E-state index contributed by atoms with van der Waals surface area (Å²) in [4.78, 5) is 0. The Kier molecular flexibility index (Phi) is 2.82. The Labute approximate surface area is 165 Å². The normalized spacial score (nSPS) is 14.8. The average molecular weight is 533 g/mol. The number of fused-ring (bicyclic) bond motifs is 10. The molecular formula is C23H12AtFO. The molecule has 0 radical (unpaired) electrons. The molecule has 0 bridgehead atoms. The van der Waals surface area contributed by atoms with Crippen molar-refractivity contribution < 1.29 is 33.5 Å². The molecule has 3 heteroatoms. The van der Waals surface area contributed by atoms with Crippen LogP contribution in [0.2, 0.25) is 0 Å². The zero-order chi connectivity index (χ0) is 17.5. The van der Waals surface area contributed by atoms with Gasteiger partial charge in [-0.15, -0.1) is 0 Å². The first-order valence-corrected chi connectivity index (χ1v) is 9.99. The molecule has 26 heavy (non-hydrogen) atoms. The summed E-state index contributed by atoms with van der Waals surface area (Å²) in [7, 11) is 0. The molecule has 1 nitrogen and oxygen atoms in total. The summed E-state index contributed by atoms with van der Waals surface area (Å²) < 4.78 is 20.9. The van der Waals surface area contributed by atoms with E-state index in [0.29, 0.717) is 9.03 Å². The van der Waals surface area contributed by atoms with Crippen molar-refractivity contribution in [1.29, 1.82) is 0 Å². The molecule has 0 aliphatic heterocycles. The van der Waals surface area contributed by atoms with Crippen LogP contribution in [0, 0.1) is 30.7 Å². The number of hydrogen-bond acceptors (Lipinski definition) is 1. The first-order valence-electron chi connectivity index (χ1n) is 8.52. The maximum atomic E-state index is 14.6. The number of rotatable bonds is 0. The number of benzene rings is 3. The summed E-state index contributed by atoms with van der Waals surface area (Å²) in [6.45, 7) is 0. The number of furan rings is 1. The van der Waals surface area contributed by atoms with Crippen molar-refractivity contribution in [2.75, 3.05) is 0 Å². The number of hydrogen-bond donors (Lipinski definition) is 0. The molecule has 1 aromatic heterocycles. The molecule has 6 rings (SSSR count). The van der Waals surface area contributed by atoms with E-state index in [1.54, 1.807) is 0 Å². The molecule has 2 aliphatic carbocycles. The topological polar surface area (TPSA) is 13.1 Å². The van der Waals surface area contributed by atoms with Crippen LogP contribution in [-0.4, -0.2) is 0 Å². The third kappa shape index (κ3) is 1.51. The molecule has 0 unspecified atom stereocenters. The van der Waals surface area contributed by atoms with Gasteiger partial charge in [0.15, 0.2) is 0 Å². The van der Waals surface area contributed by atoms with Crippen LogP contribution in [0.15, 0.2) is 77.2 Å². The Morgan fingerprint density at radius 1 is 0.692 bits per heavy atom. The Balaban J connectivity index is 1.90. The van der Waals surface area contributed by atoms with Gasteiger partial charge in [-0.1, -0.05) is 0 Å². The van der Waals surface area contributed by atoms with Crippen molar-refractivity contribution in [1.82, 2.24) is 0 Å². The van der Waals surface area contributed by atoms with Crippen LogP contribution in [0.4, 0.5) is 4.39 Å². The quantitative estimate of drug-likeness (QED) is 0.270. The first-order chi connectivity index (χ1) is 12.7. The summed E-state index contributed by atoms with van der Waals surface area (Å²) in [5, 5.41) is 0. The molecule has 0 atom stereocenters. The monoisotopic (exact) mass is 533 g/mol. The molecule has 0 amide bonds. The maximum absolute atomic E-state index is 14.6. The summed E-state index contributed by atoms with van der Waals surface area (Å²) in [5.74, 6) is 0.683. The molecule has 124 valence electrons. The molecule has 4 aromatic rings. The molecule has 0 saturated carbocycles. The van der Waals surface area contributed by atoms with Crippen LogP contribution >= 0.6 is 0 Å². The van der Waals surface area contributed by atoms with E-state index in [9.17, 15) is 4.39 Å². The van der Waals surface area contributed by atoms with E-state index in [1.807, 2.05) is 12.1 Å². The number of halogens is 1. The second-order valence-corrected chi connectivity index (χ2v) is 8.25. The second kappa shape index (κ2) is 4.93. The van der Waals surface area contributed by atoms with Crippen molar-refractivity contribution in [3.05, 3.63) is 101 Å². The van der Waals surface area contributed by atoms with Gasteiger partial charge < -0.3 is 0 Å². The van der Waals surface area contributed by atoms with E-state index >= 15 is 0 Å². The Morgan fingerprint density at radius 3 is 1.73 bits per heavy atom. The minimum atomic E-state index is -0.489. The SMILES string of the molecule is Fc1oc2c(c1[At])C1(c3ccccc3-c3ccccc31)c1ccccc1-2. The van der Waals surface area contributed by atoms with Crippen molar-refractivity contribution in [2.45, 2.75) is 5.41 Å². The minimum absolute atomic E-state index is 0.456. The Hall–Kier alpha value is -2.25. The van der Waals surface area contributed by atoms with E-state index in [-0.39, 0.29) is 0 Å². The van der Waals surface area contributed by atoms with Gasteiger partial charge in [-0.2, -0.15) is 0 Å². The van der Waals surface area contributed by atoms with E-state index in [1.165, 1.54) is 52.5 Å². The fourth-order valence-corrected chi connectivity index (χ4v) is 5.88. The molecule has 0 N–H and O–H groups in total. The standard InChI is InChI=1S/C23H12AtFO/c24-20-19-21(26-22(20)25)15-9-3-6-12-18(15)23(19)16-10-4-1-7-13(16)14-8-2-5-11-17(14)23/h1-12H. The van der Waals surface area contributed by atoms with Crippen LogP contribution < -0.4 is 3.27 Å².